The van der Waals surface area contributed by atoms with Crippen molar-refractivity contribution < 1.29 is 23.8 Å². The SMILES string of the molecule is COc1cccc([C@@H]2C(C(=O)OC(C)C)=C(C)NC3=C2C(=O)CC(C)(C)C3)c1OC. The topological polar surface area (TPSA) is 73.9 Å². The molecule has 0 fully saturated rings. The first kappa shape index (κ1) is 21.9. The Kier molecular flexibility index (Phi) is 5.97. The molecule has 3 rings (SSSR count). The lowest BCUT2D eigenvalue weighted by Crippen LogP contribution is -2.39. The molecule has 1 heterocycles. The number of ether oxygens (including phenoxy) is 3. The van der Waals surface area contributed by atoms with Crippen LogP contribution in [0.5, 0.6) is 11.5 Å². The summed E-state index contributed by atoms with van der Waals surface area (Å²) < 4.78 is 16.7. The first-order valence-electron chi connectivity index (χ1n) is 10.3. The quantitative estimate of drug-likeness (QED) is 0.727. The molecule has 0 spiro atoms. The van der Waals surface area contributed by atoms with Gasteiger partial charge in [0, 0.05) is 29.0 Å². The minimum atomic E-state index is -0.582. The van der Waals surface area contributed by atoms with Crippen LogP contribution in [0.2, 0.25) is 0 Å². The van der Waals surface area contributed by atoms with Gasteiger partial charge in [0.25, 0.3) is 0 Å². The van der Waals surface area contributed by atoms with Crippen LogP contribution in [-0.4, -0.2) is 32.1 Å². The smallest absolute Gasteiger partial charge is 0.337 e. The second-order valence-electron chi connectivity index (χ2n) is 8.97. The van der Waals surface area contributed by atoms with Crippen LogP contribution in [0, 0.1) is 5.41 Å². The van der Waals surface area contributed by atoms with E-state index < -0.39 is 11.9 Å². The van der Waals surface area contributed by atoms with Gasteiger partial charge in [0.1, 0.15) is 0 Å². The van der Waals surface area contributed by atoms with Gasteiger partial charge in [-0.15, -0.1) is 0 Å². The van der Waals surface area contributed by atoms with Gasteiger partial charge in [0.2, 0.25) is 0 Å². The maximum absolute atomic E-state index is 13.3. The number of Topliss-reactive ketones (excluding diaryl/α,β-unsaturated/α-hetero) is 1. The monoisotopic (exact) mass is 413 g/mol. The third-order valence-electron chi connectivity index (χ3n) is 5.55. The zero-order valence-electron chi connectivity index (χ0n) is 18.8. The van der Waals surface area contributed by atoms with Gasteiger partial charge < -0.3 is 19.5 Å². The van der Waals surface area contributed by atoms with Gasteiger partial charge in [-0.05, 0) is 38.7 Å². The molecule has 1 aliphatic heterocycles. The molecule has 1 aliphatic carbocycles. The normalized spacial score (nSPS) is 20.7. The zero-order chi connectivity index (χ0) is 22.2. The highest BCUT2D eigenvalue weighted by Gasteiger charge is 2.44. The number of methoxy groups -OCH3 is 2. The van der Waals surface area contributed by atoms with E-state index in [9.17, 15) is 9.59 Å². The van der Waals surface area contributed by atoms with E-state index in [2.05, 4.69) is 19.2 Å². The van der Waals surface area contributed by atoms with Crippen LogP contribution in [-0.2, 0) is 14.3 Å². The van der Waals surface area contributed by atoms with Crippen LogP contribution in [0.3, 0.4) is 0 Å². The fraction of sp³-hybridized carbons (Fsp3) is 0.500. The zero-order valence-corrected chi connectivity index (χ0v) is 18.8. The predicted molar refractivity (Wildman–Crippen MR) is 114 cm³/mol. The minimum Gasteiger partial charge on any atom is -0.493 e. The Morgan fingerprint density at radius 1 is 1.17 bits per heavy atom. The second kappa shape index (κ2) is 8.17. The summed E-state index contributed by atoms with van der Waals surface area (Å²) in [5.41, 5.74) is 3.17. The Morgan fingerprint density at radius 3 is 2.47 bits per heavy atom. The molecule has 1 aromatic carbocycles. The predicted octanol–water partition coefficient (Wildman–Crippen LogP) is 4.26. The molecular weight excluding hydrogens is 382 g/mol. The van der Waals surface area contributed by atoms with Crippen LogP contribution in [0.1, 0.15) is 58.9 Å². The summed E-state index contributed by atoms with van der Waals surface area (Å²) in [6.45, 7) is 9.64. The number of benzene rings is 1. The molecule has 162 valence electrons. The van der Waals surface area contributed by atoms with E-state index in [4.69, 9.17) is 14.2 Å². The summed E-state index contributed by atoms with van der Waals surface area (Å²) in [5.74, 6) is 0.0775. The number of esters is 1. The average Bonchev–Trinajstić information content (AvgIpc) is 2.64. The summed E-state index contributed by atoms with van der Waals surface area (Å²) in [6.07, 6.45) is 0.866. The summed E-state index contributed by atoms with van der Waals surface area (Å²) in [4.78, 5) is 26.5. The maximum Gasteiger partial charge on any atom is 0.337 e. The Hall–Kier alpha value is -2.76. The van der Waals surface area contributed by atoms with Crippen LogP contribution < -0.4 is 14.8 Å². The van der Waals surface area contributed by atoms with Crippen molar-refractivity contribution in [3.8, 4) is 11.5 Å². The molecule has 0 saturated heterocycles. The molecule has 0 saturated carbocycles. The van der Waals surface area contributed by atoms with Crippen molar-refractivity contribution in [1.82, 2.24) is 5.32 Å². The molecular formula is C24H31NO5. The number of hydrogen-bond donors (Lipinski definition) is 1. The number of dihydropyridines is 1. The molecule has 30 heavy (non-hydrogen) atoms. The number of allylic oxidation sites excluding steroid dienone is 3. The van der Waals surface area contributed by atoms with E-state index in [0.717, 1.165) is 12.1 Å². The van der Waals surface area contributed by atoms with Gasteiger partial charge in [-0.1, -0.05) is 26.0 Å². The number of rotatable bonds is 5. The Morgan fingerprint density at radius 2 is 1.87 bits per heavy atom. The van der Waals surface area contributed by atoms with Crippen LogP contribution in [0.4, 0.5) is 0 Å². The highest BCUT2D eigenvalue weighted by molar-refractivity contribution is 6.04. The van der Waals surface area contributed by atoms with Gasteiger partial charge in [-0.3, -0.25) is 4.79 Å². The summed E-state index contributed by atoms with van der Waals surface area (Å²) in [6, 6.07) is 5.52. The van der Waals surface area contributed by atoms with Gasteiger partial charge in [-0.2, -0.15) is 0 Å². The van der Waals surface area contributed by atoms with E-state index >= 15 is 0 Å². The van der Waals surface area contributed by atoms with Crippen LogP contribution >= 0.6 is 0 Å². The molecule has 6 heteroatoms. The number of nitrogens with one attached hydrogen (secondary N) is 1. The number of para-hydroxylation sites is 1. The molecule has 6 nitrogen and oxygen atoms in total. The lowest BCUT2D eigenvalue weighted by molar-refractivity contribution is -0.143. The molecule has 1 N–H and O–H groups in total. The van der Waals surface area contributed by atoms with Crippen molar-refractivity contribution in [2.45, 2.75) is 59.5 Å². The van der Waals surface area contributed by atoms with Gasteiger partial charge in [-0.25, -0.2) is 4.79 Å². The molecule has 1 aromatic rings. The summed E-state index contributed by atoms with van der Waals surface area (Å²) in [7, 11) is 3.13. The number of hydrogen-bond acceptors (Lipinski definition) is 6. The van der Waals surface area contributed by atoms with Gasteiger partial charge >= 0.3 is 5.97 Å². The standard InChI is InChI=1S/C24H31NO5/c1-13(2)30-23(27)19-14(3)25-16-11-24(4,5)12-17(26)21(16)20(19)15-9-8-10-18(28-6)22(15)29-7/h8-10,13,20,25H,11-12H2,1-7H3/t20-/m1/s1. The molecule has 0 amide bonds. The summed E-state index contributed by atoms with van der Waals surface area (Å²) in [5, 5.41) is 3.34. The molecule has 0 radical (unpaired) electrons. The highest BCUT2D eigenvalue weighted by Crippen LogP contribution is 2.50. The second-order valence-corrected chi connectivity index (χ2v) is 8.97. The Bertz CT molecular complexity index is 939. The molecule has 2 aliphatic rings. The molecule has 0 bridgehead atoms. The van der Waals surface area contributed by atoms with Crippen molar-refractivity contribution in [3.05, 3.63) is 46.3 Å². The van der Waals surface area contributed by atoms with Crippen molar-refractivity contribution in [2.75, 3.05) is 14.2 Å². The third-order valence-corrected chi connectivity index (χ3v) is 5.55. The molecule has 0 aromatic heterocycles. The van der Waals surface area contributed by atoms with E-state index in [-0.39, 0.29) is 17.3 Å². The van der Waals surface area contributed by atoms with Crippen LogP contribution in [0.25, 0.3) is 0 Å². The molecule has 0 unspecified atom stereocenters. The minimum absolute atomic E-state index is 0.0333. The molecule has 1 atom stereocenters. The van der Waals surface area contributed by atoms with E-state index in [1.54, 1.807) is 20.3 Å². The lowest BCUT2D eigenvalue weighted by atomic mass is 9.68. The highest BCUT2D eigenvalue weighted by atomic mass is 16.5. The fourth-order valence-electron chi connectivity index (χ4n) is 4.43. The first-order chi connectivity index (χ1) is 14.1. The van der Waals surface area contributed by atoms with E-state index in [1.807, 2.05) is 32.9 Å². The fourth-order valence-corrected chi connectivity index (χ4v) is 4.43. The Labute approximate surface area is 178 Å². The van der Waals surface area contributed by atoms with Crippen LogP contribution in [0.15, 0.2) is 40.7 Å². The number of carbonyl (C=O) groups is 2. The van der Waals surface area contributed by atoms with Crippen molar-refractivity contribution >= 4 is 11.8 Å². The van der Waals surface area contributed by atoms with Gasteiger partial charge in [0.15, 0.2) is 17.3 Å². The van der Waals surface area contributed by atoms with Crippen molar-refractivity contribution in [1.29, 1.82) is 0 Å². The number of carbonyl (C=O) groups excluding carboxylic acids is 2. The van der Waals surface area contributed by atoms with E-state index in [1.165, 1.54) is 0 Å². The van der Waals surface area contributed by atoms with Gasteiger partial charge in [0.05, 0.1) is 31.8 Å². The maximum atomic E-state index is 13.3. The van der Waals surface area contributed by atoms with Crippen molar-refractivity contribution in [3.63, 3.8) is 0 Å². The Balaban J connectivity index is 2.26. The lowest BCUT2D eigenvalue weighted by Gasteiger charge is -2.39. The number of ketones is 1. The van der Waals surface area contributed by atoms with E-state index in [0.29, 0.717) is 40.3 Å². The third kappa shape index (κ3) is 3.95. The van der Waals surface area contributed by atoms with Crippen molar-refractivity contribution in [2.24, 2.45) is 5.41 Å². The average molecular weight is 414 g/mol. The summed E-state index contributed by atoms with van der Waals surface area (Å²) >= 11 is 0. The largest absolute Gasteiger partial charge is 0.493 e. The first-order valence-corrected chi connectivity index (χ1v) is 10.3.